The lowest BCUT2D eigenvalue weighted by Gasteiger charge is -2.14. The average Bonchev–Trinajstić information content (AvgIpc) is 2.14. The van der Waals surface area contributed by atoms with Crippen molar-refractivity contribution in [2.24, 2.45) is 0 Å². The van der Waals surface area contributed by atoms with Crippen LogP contribution in [0.3, 0.4) is 0 Å². The second-order valence-corrected chi connectivity index (χ2v) is 6.55. The summed E-state index contributed by atoms with van der Waals surface area (Å²) in [5, 5.41) is 0. The topological polar surface area (TPSA) is 18.5 Å². The molecule has 0 rings (SSSR count). The molecule has 0 aliphatic rings. The number of hydrogen-bond acceptors (Lipinski definition) is 5. The zero-order valence-electron chi connectivity index (χ0n) is 9.31. The van der Waals surface area contributed by atoms with Crippen LogP contribution in [0.1, 0.15) is 51.9 Å². The minimum atomic E-state index is -1.10. The Morgan fingerprint density at radius 2 is 1.40 bits per heavy atom. The molecule has 0 aliphatic heterocycles. The molecule has 5 heteroatoms. The van der Waals surface area contributed by atoms with Gasteiger partial charge in [-0.25, -0.2) is 4.89 Å². The van der Waals surface area contributed by atoms with Crippen LogP contribution in [-0.2, 0) is 9.78 Å². The fourth-order valence-electron chi connectivity index (χ4n) is 1.24. The van der Waals surface area contributed by atoms with Crippen LogP contribution in [0.2, 0.25) is 0 Å². The van der Waals surface area contributed by atoms with Gasteiger partial charge in [-0.3, -0.25) is 0 Å². The molecular formula is C10H22O2S3. The molecule has 0 N–H and O–H groups in total. The quantitative estimate of drug-likeness (QED) is 0.183. The fourth-order valence-corrected chi connectivity index (χ4v) is 1.40. The number of hydrogen-bond donors (Lipinski definition) is 3. The molecule has 0 aliphatic carbocycles. The molecule has 0 radical (unpaired) electrons. The van der Waals surface area contributed by atoms with E-state index in [0.717, 1.165) is 6.42 Å². The molecule has 0 spiro atoms. The SMILES string of the molecule is CCCCCCCCCOOC(S)(S)S. The van der Waals surface area contributed by atoms with Gasteiger partial charge in [-0.15, -0.1) is 37.9 Å². The van der Waals surface area contributed by atoms with E-state index in [-0.39, 0.29) is 0 Å². The lowest BCUT2D eigenvalue weighted by molar-refractivity contribution is -0.294. The summed E-state index contributed by atoms with van der Waals surface area (Å²) in [5.74, 6) is 0. The smallest absolute Gasteiger partial charge is 0.232 e. The number of rotatable bonds is 10. The molecule has 2 nitrogen and oxygen atoms in total. The van der Waals surface area contributed by atoms with E-state index in [2.05, 4.69) is 44.8 Å². The molecule has 0 atom stereocenters. The molecular weight excluding hydrogens is 248 g/mol. The molecule has 0 aromatic carbocycles. The maximum Gasteiger partial charge on any atom is 0.232 e. The Hall–Kier alpha value is 0.970. The highest BCUT2D eigenvalue weighted by atomic mass is 32.2. The van der Waals surface area contributed by atoms with Crippen molar-refractivity contribution in [3.63, 3.8) is 0 Å². The van der Waals surface area contributed by atoms with Gasteiger partial charge in [0.25, 0.3) is 0 Å². The van der Waals surface area contributed by atoms with E-state index in [1.54, 1.807) is 0 Å². The van der Waals surface area contributed by atoms with E-state index >= 15 is 0 Å². The van der Waals surface area contributed by atoms with Crippen LogP contribution in [0.25, 0.3) is 0 Å². The second-order valence-electron chi connectivity index (χ2n) is 3.60. The van der Waals surface area contributed by atoms with Crippen LogP contribution in [0.5, 0.6) is 0 Å². The maximum atomic E-state index is 4.90. The van der Waals surface area contributed by atoms with Gasteiger partial charge in [0.2, 0.25) is 3.60 Å². The molecule has 0 heterocycles. The van der Waals surface area contributed by atoms with Crippen molar-refractivity contribution in [1.29, 1.82) is 0 Å². The first-order valence-corrected chi connectivity index (χ1v) is 6.88. The summed E-state index contributed by atoms with van der Waals surface area (Å²) >= 11 is 11.8. The van der Waals surface area contributed by atoms with E-state index in [1.807, 2.05) is 0 Å². The third kappa shape index (κ3) is 15.0. The molecule has 0 aromatic heterocycles. The van der Waals surface area contributed by atoms with Gasteiger partial charge in [0.15, 0.2) is 0 Å². The standard InChI is InChI=1S/C10H22O2S3/c1-2-3-4-5-6-7-8-9-11-12-10(13,14)15/h13-15H,2-9H2,1H3. The van der Waals surface area contributed by atoms with E-state index in [4.69, 9.17) is 9.78 Å². The fraction of sp³-hybridized carbons (Fsp3) is 1.00. The summed E-state index contributed by atoms with van der Waals surface area (Å²) in [5.41, 5.74) is 0. The van der Waals surface area contributed by atoms with Crippen LogP contribution in [0.15, 0.2) is 0 Å². The minimum absolute atomic E-state index is 0.581. The third-order valence-electron chi connectivity index (χ3n) is 2.00. The van der Waals surface area contributed by atoms with Gasteiger partial charge in [0, 0.05) is 0 Å². The molecule has 0 aromatic rings. The predicted molar refractivity (Wildman–Crippen MR) is 74.7 cm³/mol. The summed E-state index contributed by atoms with van der Waals surface area (Å²) in [7, 11) is 0. The molecule has 0 amide bonds. The van der Waals surface area contributed by atoms with E-state index < -0.39 is 3.60 Å². The average molecular weight is 270 g/mol. The van der Waals surface area contributed by atoms with Crippen molar-refractivity contribution in [3.8, 4) is 0 Å². The first-order chi connectivity index (χ1) is 7.06. The van der Waals surface area contributed by atoms with Crippen molar-refractivity contribution >= 4 is 37.9 Å². The molecule has 0 bridgehead atoms. The van der Waals surface area contributed by atoms with Gasteiger partial charge < -0.3 is 0 Å². The summed E-state index contributed by atoms with van der Waals surface area (Å²) < 4.78 is -1.10. The van der Waals surface area contributed by atoms with Gasteiger partial charge in [-0.1, -0.05) is 45.4 Å². The van der Waals surface area contributed by atoms with Gasteiger partial charge >= 0.3 is 0 Å². The maximum absolute atomic E-state index is 4.90. The van der Waals surface area contributed by atoms with Gasteiger partial charge in [-0.05, 0) is 6.42 Å². The lowest BCUT2D eigenvalue weighted by atomic mass is 10.1. The van der Waals surface area contributed by atoms with Gasteiger partial charge in [0.05, 0.1) is 6.61 Å². The summed E-state index contributed by atoms with van der Waals surface area (Å²) in [6.07, 6.45) is 8.79. The molecule has 92 valence electrons. The second kappa shape index (κ2) is 10.1. The van der Waals surface area contributed by atoms with E-state index in [0.29, 0.717) is 6.61 Å². The summed E-state index contributed by atoms with van der Waals surface area (Å²) in [6, 6.07) is 0. The lowest BCUT2D eigenvalue weighted by Crippen LogP contribution is -2.10. The zero-order valence-corrected chi connectivity index (χ0v) is 12.0. The minimum Gasteiger partial charge on any atom is -0.234 e. The van der Waals surface area contributed by atoms with Crippen molar-refractivity contribution < 1.29 is 9.78 Å². The third-order valence-corrected chi connectivity index (χ3v) is 2.23. The Bertz CT molecular complexity index is 137. The summed E-state index contributed by atoms with van der Waals surface area (Å²) in [6.45, 7) is 2.81. The van der Waals surface area contributed by atoms with Crippen molar-refractivity contribution in [2.75, 3.05) is 6.61 Å². The first kappa shape index (κ1) is 16.0. The van der Waals surface area contributed by atoms with Crippen molar-refractivity contribution in [3.05, 3.63) is 0 Å². The molecule has 15 heavy (non-hydrogen) atoms. The number of unbranched alkanes of at least 4 members (excludes halogenated alkanes) is 6. The van der Waals surface area contributed by atoms with Crippen LogP contribution in [0, 0.1) is 0 Å². The Balaban J connectivity index is 2.99. The van der Waals surface area contributed by atoms with E-state index in [9.17, 15) is 0 Å². The van der Waals surface area contributed by atoms with Crippen molar-refractivity contribution in [2.45, 2.75) is 55.5 Å². The van der Waals surface area contributed by atoms with Gasteiger partial charge in [0.1, 0.15) is 0 Å². The molecule has 0 saturated carbocycles. The monoisotopic (exact) mass is 270 g/mol. The van der Waals surface area contributed by atoms with Crippen LogP contribution in [-0.4, -0.2) is 10.2 Å². The van der Waals surface area contributed by atoms with Crippen LogP contribution >= 0.6 is 37.9 Å². The zero-order chi connectivity index (χ0) is 11.6. The van der Waals surface area contributed by atoms with Crippen LogP contribution in [0.4, 0.5) is 0 Å². The predicted octanol–water partition coefficient (Wildman–Crippen LogP) is 4.09. The molecule has 0 unspecified atom stereocenters. The Kier molecular flexibility index (Phi) is 10.8. The highest BCUT2D eigenvalue weighted by Crippen LogP contribution is 2.25. The highest BCUT2D eigenvalue weighted by molar-refractivity contribution is 8.16. The summed E-state index contributed by atoms with van der Waals surface area (Å²) in [4.78, 5) is 9.66. The number of thiol groups is 3. The largest absolute Gasteiger partial charge is 0.234 e. The van der Waals surface area contributed by atoms with E-state index in [1.165, 1.54) is 38.5 Å². The molecule has 0 fully saturated rings. The van der Waals surface area contributed by atoms with Gasteiger partial charge in [-0.2, -0.15) is 4.89 Å². The first-order valence-electron chi connectivity index (χ1n) is 5.54. The Morgan fingerprint density at radius 1 is 0.867 bits per heavy atom. The Labute approximate surface area is 110 Å². The Morgan fingerprint density at radius 3 is 1.93 bits per heavy atom. The van der Waals surface area contributed by atoms with Crippen LogP contribution < -0.4 is 0 Å². The molecule has 0 saturated heterocycles. The normalized spacial score (nSPS) is 12.0. The highest BCUT2D eigenvalue weighted by Gasteiger charge is 2.14. The van der Waals surface area contributed by atoms with Crippen molar-refractivity contribution in [1.82, 2.24) is 0 Å².